The van der Waals surface area contributed by atoms with Gasteiger partial charge in [0.15, 0.2) is 0 Å². The van der Waals surface area contributed by atoms with Crippen LogP contribution in [-0.4, -0.2) is 89.2 Å². The lowest BCUT2D eigenvalue weighted by molar-refractivity contribution is -0.125. The van der Waals surface area contributed by atoms with Crippen molar-refractivity contribution in [2.75, 3.05) is 57.3 Å². The number of aromatic nitrogens is 3. The van der Waals surface area contributed by atoms with Crippen molar-refractivity contribution in [2.45, 2.75) is 64.3 Å². The Bertz CT molecular complexity index is 950. The normalized spacial score (nSPS) is 23.4. The Morgan fingerprint density at radius 3 is 2.71 bits per heavy atom. The number of hydrogen-bond donors (Lipinski definition) is 1. The van der Waals surface area contributed by atoms with Crippen LogP contribution in [0.5, 0.6) is 0 Å². The molecule has 0 unspecified atom stereocenters. The monoisotopic (exact) mass is 469 g/mol. The largest absolute Gasteiger partial charge is 0.356 e. The third kappa shape index (κ3) is 5.35. The van der Waals surface area contributed by atoms with Gasteiger partial charge in [-0.1, -0.05) is 11.6 Å². The first-order chi connectivity index (χ1) is 16.7. The van der Waals surface area contributed by atoms with Crippen molar-refractivity contribution in [1.29, 1.82) is 0 Å². The molecule has 34 heavy (non-hydrogen) atoms. The van der Waals surface area contributed by atoms with Gasteiger partial charge in [0.05, 0.1) is 11.6 Å². The van der Waals surface area contributed by atoms with Crippen LogP contribution in [0, 0.1) is 12.8 Å². The summed E-state index contributed by atoms with van der Waals surface area (Å²) < 4.78 is 5.29. The Hall–Kier alpha value is -2.26. The van der Waals surface area contributed by atoms with Crippen molar-refractivity contribution in [1.82, 2.24) is 30.2 Å². The van der Waals surface area contributed by atoms with E-state index < -0.39 is 0 Å². The van der Waals surface area contributed by atoms with Crippen LogP contribution in [0.3, 0.4) is 0 Å². The van der Waals surface area contributed by atoms with E-state index in [1.165, 1.54) is 64.6 Å². The number of hydrogen-bond acceptors (Lipinski definition) is 8. The standard InChI is InChI=1S/C25H39N7O2/c1-19-22-23(27-18-28-25(22)34-29-19)32-14-5-7-20(17-32)24(33)26-10-6-11-30-15-8-21(9-16-30)31-12-3-2-4-13-31/h18,20-21H,2-17H2,1H3,(H,26,33)/t20-/m0/s1. The summed E-state index contributed by atoms with van der Waals surface area (Å²) in [6.45, 7) is 10.3. The number of carbonyl (C=O) groups is 1. The minimum atomic E-state index is -0.0146. The summed E-state index contributed by atoms with van der Waals surface area (Å²) >= 11 is 0. The van der Waals surface area contributed by atoms with Crippen molar-refractivity contribution in [3.8, 4) is 0 Å². The van der Waals surface area contributed by atoms with Crippen LogP contribution in [-0.2, 0) is 4.79 Å². The number of nitrogens with zero attached hydrogens (tertiary/aromatic N) is 6. The van der Waals surface area contributed by atoms with Gasteiger partial charge in [0.25, 0.3) is 5.71 Å². The van der Waals surface area contributed by atoms with Gasteiger partial charge in [0, 0.05) is 25.7 Å². The van der Waals surface area contributed by atoms with E-state index >= 15 is 0 Å². The lowest BCUT2D eigenvalue weighted by Crippen LogP contribution is -2.47. The van der Waals surface area contributed by atoms with Crippen LogP contribution in [0.1, 0.15) is 57.1 Å². The predicted octanol–water partition coefficient (Wildman–Crippen LogP) is 2.60. The maximum absolute atomic E-state index is 12.9. The summed E-state index contributed by atoms with van der Waals surface area (Å²) in [7, 11) is 0. The van der Waals surface area contributed by atoms with Gasteiger partial charge in [-0.15, -0.1) is 0 Å². The third-order valence-electron chi connectivity index (χ3n) is 7.93. The molecule has 0 bridgehead atoms. The average Bonchev–Trinajstić information content (AvgIpc) is 3.28. The molecular formula is C25H39N7O2. The number of rotatable bonds is 7. The maximum atomic E-state index is 12.9. The molecule has 5 rings (SSSR count). The van der Waals surface area contributed by atoms with Crippen molar-refractivity contribution >= 4 is 22.8 Å². The van der Waals surface area contributed by atoms with E-state index in [0.717, 1.165) is 61.8 Å². The highest BCUT2D eigenvalue weighted by atomic mass is 16.5. The number of likely N-dealkylation sites (tertiary alicyclic amines) is 2. The van der Waals surface area contributed by atoms with Gasteiger partial charge in [-0.05, 0) is 84.6 Å². The number of anilines is 1. The van der Waals surface area contributed by atoms with E-state index in [9.17, 15) is 4.79 Å². The topological polar surface area (TPSA) is 90.6 Å². The Kier molecular flexibility index (Phi) is 7.59. The van der Waals surface area contributed by atoms with Gasteiger partial charge in [0.2, 0.25) is 5.91 Å². The van der Waals surface area contributed by atoms with Crippen LogP contribution >= 0.6 is 0 Å². The molecule has 3 saturated heterocycles. The molecule has 5 heterocycles. The number of piperidine rings is 3. The summed E-state index contributed by atoms with van der Waals surface area (Å²) in [6.07, 6.45) is 11.2. The van der Waals surface area contributed by atoms with E-state index in [4.69, 9.17) is 4.52 Å². The SMILES string of the molecule is Cc1noc2ncnc(N3CCC[C@H](C(=O)NCCCN4CCC(N5CCCCC5)CC4)C3)c12. The molecule has 3 aliphatic rings. The number of aryl methyl sites for hydroxylation is 1. The zero-order valence-electron chi connectivity index (χ0n) is 20.5. The molecule has 0 saturated carbocycles. The van der Waals surface area contributed by atoms with Crippen LogP contribution < -0.4 is 10.2 Å². The van der Waals surface area contributed by atoms with Crippen molar-refractivity contribution in [3.63, 3.8) is 0 Å². The highest BCUT2D eigenvalue weighted by Crippen LogP contribution is 2.29. The van der Waals surface area contributed by atoms with E-state index in [2.05, 4.69) is 35.1 Å². The summed E-state index contributed by atoms with van der Waals surface area (Å²) in [6, 6.07) is 0.795. The van der Waals surface area contributed by atoms with Gasteiger partial charge >= 0.3 is 0 Å². The van der Waals surface area contributed by atoms with Crippen LogP contribution in [0.15, 0.2) is 10.9 Å². The summed E-state index contributed by atoms with van der Waals surface area (Å²) in [5.41, 5.74) is 1.30. The van der Waals surface area contributed by atoms with Gasteiger partial charge in [-0.2, -0.15) is 4.98 Å². The number of nitrogens with one attached hydrogen (secondary N) is 1. The number of fused-ring (bicyclic) bond motifs is 1. The van der Waals surface area contributed by atoms with Crippen LogP contribution in [0.2, 0.25) is 0 Å². The lowest BCUT2D eigenvalue weighted by Gasteiger charge is -2.40. The maximum Gasteiger partial charge on any atom is 0.263 e. The molecule has 1 atom stereocenters. The highest BCUT2D eigenvalue weighted by Gasteiger charge is 2.29. The molecule has 1 N–H and O–H groups in total. The molecule has 0 spiro atoms. The zero-order valence-corrected chi connectivity index (χ0v) is 20.5. The van der Waals surface area contributed by atoms with Crippen LogP contribution in [0.25, 0.3) is 11.1 Å². The van der Waals surface area contributed by atoms with E-state index in [1.807, 2.05) is 6.92 Å². The first-order valence-electron chi connectivity index (χ1n) is 13.2. The second kappa shape index (κ2) is 11.0. The quantitative estimate of drug-likeness (QED) is 0.619. The zero-order chi connectivity index (χ0) is 23.3. The Morgan fingerprint density at radius 2 is 1.88 bits per heavy atom. The molecule has 0 aliphatic carbocycles. The second-order valence-corrected chi connectivity index (χ2v) is 10.2. The fourth-order valence-corrected chi connectivity index (χ4v) is 5.98. The number of amides is 1. The van der Waals surface area contributed by atoms with E-state index in [-0.39, 0.29) is 11.8 Å². The molecule has 3 fully saturated rings. The predicted molar refractivity (Wildman–Crippen MR) is 132 cm³/mol. The molecule has 0 radical (unpaired) electrons. The van der Waals surface area contributed by atoms with E-state index in [1.54, 1.807) is 0 Å². The Labute approximate surface area is 202 Å². The van der Waals surface area contributed by atoms with Gasteiger partial charge in [-0.3, -0.25) is 4.79 Å². The molecule has 186 valence electrons. The molecule has 2 aromatic rings. The first kappa shape index (κ1) is 23.5. The minimum Gasteiger partial charge on any atom is -0.356 e. The average molecular weight is 470 g/mol. The Balaban J connectivity index is 1.04. The minimum absolute atomic E-state index is 0.0146. The van der Waals surface area contributed by atoms with E-state index in [0.29, 0.717) is 12.3 Å². The fraction of sp³-hybridized carbons (Fsp3) is 0.760. The molecule has 9 nitrogen and oxygen atoms in total. The van der Waals surface area contributed by atoms with Gasteiger partial charge in [0.1, 0.15) is 17.5 Å². The molecule has 9 heteroatoms. The molecule has 2 aromatic heterocycles. The molecular weight excluding hydrogens is 430 g/mol. The first-order valence-corrected chi connectivity index (χ1v) is 13.2. The van der Waals surface area contributed by atoms with Gasteiger partial charge < -0.3 is 24.5 Å². The van der Waals surface area contributed by atoms with Gasteiger partial charge in [-0.25, -0.2) is 4.98 Å². The number of carbonyl (C=O) groups excluding carboxylic acids is 1. The molecule has 3 aliphatic heterocycles. The van der Waals surface area contributed by atoms with Crippen LogP contribution in [0.4, 0.5) is 5.82 Å². The second-order valence-electron chi connectivity index (χ2n) is 10.2. The summed E-state index contributed by atoms with van der Waals surface area (Å²) in [5, 5.41) is 8.09. The molecule has 0 aromatic carbocycles. The lowest BCUT2D eigenvalue weighted by atomic mass is 9.97. The van der Waals surface area contributed by atoms with Crippen molar-refractivity contribution in [3.05, 3.63) is 12.0 Å². The summed E-state index contributed by atoms with van der Waals surface area (Å²) in [4.78, 5) is 29.1. The third-order valence-corrected chi connectivity index (χ3v) is 7.93. The Morgan fingerprint density at radius 1 is 1.06 bits per heavy atom. The van der Waals surface area contributed by atoms with Crippen molar-refractivity contribution < 1.29 is 9.32 Å². The summed E-state index contributed by atoms with van der Waals surface area (Å²) in [5.74, 6) is 0.981. The molecule has 1 amide bonds. The smallest absolute Gasteiger partial charge is 0.263 e. The van der Waals surface area contributed by atoms with Crippen molar-refractivity contribution in [2.24, 2.45) is 5.92 Å². The highest BCUT2D eigenvalue weighted by molar-refractivity contribution is 5.88. The fourth-order valence-electron chi connectivity index (χ4n) is 5.98.